The predicted octanol–water partition coefficient (Wildman–Crippen LogP) is 3.06. The van der Waals surface area contributed by atoms with Crippen molar-refractivity contribution in [3.05, 3.63) is 38.8 Å². The lowest BCUT2D eigenvalue weighted by molar-refractivity contribution is 0.0982. The number of hydrogen-bond acceptors (Lipinski definition) is 3. The van der Waals surface area contributed by atoms with Gasteiger partial charge in [0.1, 0.15) is 0 Å². The molecule has 0 bridgehead atoms. The van der Waals surface area contributed by atoms with Gasteiger partial charge in [0.25, 0.3) is 0 Å². The molecule has 0 atom stereocenters. The van der Waals surface area contributed by atoms with E-state index in [-0.39, 0.29) is 5.78 Å². The van der Waals surface area contributed by atoms with Crippen molar-refractivity contribution < 1.29 is 4.79 Å². The molecule has 0 aliphatic rings. The molecule has 2 aromatic heterocycles. The minimum Gasteiger partial charge on any atom is -0.294 e. The summed E-state index contributed by atoms with van der Waals surface area (Å²) in [6.45, 7) is 0. The Labute approximate surface area is 106 Å². The van der Waals surface area contributed by atoms with Gasteiger partial charge < -0.3 is 0 Å². The molecular weight excluding hydrogens is 288 g/mol. The highest BCUT2D eigenvalue weighted by Gasteiger charge is 2.09. The highest BCUT2D eigenvalue weighted by molar-refractivity contribution is 9.11. The van der Waals surface area contributed by atoms with Crippen LogP contribution in [0.3, 0.4) is 0 Å². The van der Waals surface area contributed by atoms with Gasteiger partial charge in [-0.1, -0.05) is 0 Å². The van der Waals surface area contributed by atoms with E-state index in [1.165, 1.54) is 11.3 Å². The van der Waals surface area contributed by atoms with Gasteiger partial charge >= 0.3 is 0 Å². The third-order valence-electron chi connectivity index (χ3n) is 2.42. The molecule has 0 saturated heterocycles. The molecule has 0 radical (unpaired) electrons. The van der Waals surface area contributed by atoms with Gasteiger partial charge in [0, 0.05) is 36.3 Å². The van der Waals surface area contributed by atoms with Gasteiger partial charge in [-0.25, -0.2) is 0 Å². The molecule has 84 valence electrons. The van der Waals surface area contributed by atoms with Gasteiger partial charge in [-0.3, -0.25) is 9.48 Å². The van der Waals surface area contributed by atoms with Crippen molar-refractivity contribution in [2.75, 3.05) is 0 Å². The molecule has 0 unspecified atom stereocenters. The molecular formula is C11H11BrN2OS. The lowest BCUT2D eigenvalue weighted by Gasteiger charge is -2.00. The van der Waals surface area contributed by atoms with E-state index in [0.717, 1.165) is 21.5 Å². The molecule has 0 aromatic carbocycles. The van der Waals surface area contributed by atoms with Crippen LogP contribution in [0.2, 0.25) is 0 Å². The fraction of sp³-hybridized carbons (Fsp3) is 0.273. The second-order valence-electron chi connectivity index (χ2n) is 3.51. The quantitative estimate of drug-likeness (QED) is 0.813. The summed E-state index contributed by atoms with van der Waals surface area (Å²) < 4.78 is 2.80. The maximum absolute atomic E-state index is 11.8. The molecule has 3 nitrogen and oxygen atoms in total. The number of aryl methyl sites for hydroxylation is 2. The van der Waals surface area contributed by atoms with E-state index in [9.17, 15) is 4.79 Å². The van der Waals surface area contributed by atoms with Crippen molar-refractivity contribution in [2.24, 2.45) is 7.05 Å². The topological polar surface area (TPSA) is 34.9 Å². The Hall–Kier alpha value is -0.940. The van der Waals surface area contributed by atoms with Crippen LogP contribution in [0.4, 0.5) is 0 Å². The molecule has 0 N–H and O–H groups in total. The first-order valence-corrected chi connectivity index (χ1v) is 6.58. The van der Waals surface area contributed by atoms with Gasteiger partial charge in [0.15, 0.2) is 5.78 Å². The predicted molar refractivity (Wildman–Crippen MR) is 67.9 cm³/mol. The fourth-order valence-corrected chi connectivity index (χ4v) is 2.65. The van der Waals surface area contributed by atoms with Crippen LogP contribution in [0.25, 0.3) is 0 Å². The van der Waals surface area contributed by atoms with Crippen LogP contribution in [0.1, 0.15) is 22.5 Å². The first-order valence-electron chi connectivity index (χ1n) is 4.91. The standard InChI is InChI=1S/C11H11BrN2OS/c1-14-9(4-5-13-14)2-3-10(15)8-6-11(12)16-7-8/h4-7H,2-3H2,1H3. The number of rotatable bonds is 4. The van der Waals surface area contributed by atoms with E-state index < -0.39 is 0 Å². The van der Waals surface area contributed by atoms with E-state index in [1.54, 1.807) is 10.9 Å². The number of ketones is 1. The smallest absolute Gasteiger partial charge is 0.164 e. The number of carbonyl (C=O) groups is 1. The largest absolute Gasteiger partial charge is 0.294 e. The Morgan fingerprint density at radius 2 is 2.44 bits per heavy atom. The number of thiophene rings is 1. The second-order valence-corrected chi connectivity index (χ2v) is 5.80. The van der Waals surface area contributed by atoms with E-state index >= 15 is 0 Å². The number of nitrogens with zero attached hydrogens (tertiary/aromatic N) is 2. The van der Waals surface area contributed by atoms with Crippen molar-refractivity contribution in [3.63, 3.8) is 0 Å². The van der Waals surface area contributed by atoms with Crippen molar-refractivity contribution in [2.45, 2.75) is 12.8 Å². The molecule has 0 fully saturated rings. The van der Waals surface area contributed by atoms with Crippen LogP contribution >= 0.6 is 27.3 Å². The normalized spacial score (nSPS) is 10.6. The summed E-state index contributed by atoms with van der Waals surface area (Å²) in [7, 11) is 1.89. The van der Waals surface area contributed by atoms with Crippen molar-refractivity contribution >= 4 is 33.0 Å². The molecule has 2 heterocycles. The number of Topliss-reactive ketones (excluding diaryl/α,β-unsaturated/α-hetero) is 1. The van der Waals surface area contributed by atoms with Crippen molar-refractivity contribution in [3.8, 4) is 0 Å². The molecule has 16 heavy (non-hydrogen) atoms. The molecule has 0 aliphatic carbocycles. The lowest BCUT2D eigenvalue weighted by atomic mass is 10.1. The summed E-state index contributed by atoms with van der Waals surface area (Å²) in [5, 5.41) is 5.96. The zero-order chi connectivity index (χ0) is 11.5. The summed E-state index contributed by atoms with van der Waals surface area (Å²) >= 11 is 4.89. The molecule has 0 aliphatic heterocycles. The highest BCUT2D eigenvalue weighted by Crippen LogP contribution is 2.22. The van der Waals surface area contributed by atoms with Gasteiger partial charge in [-0.2, -0.15) is 5.10 Å². The van der Waals surface area contributed by atoms with E-state index in [0.29, 0.717) is 6.42 Å². The Morgan fingerprint density at radius 1 is 1.62 bits per heavy atom. The zero-order valence-corrected chi connectivity index (χ0v) is 11.2. The number of aromatic nitrogens is 2. The monoisotopic (exact) mass is 298 g/mol. The Bertz CT molecular complexity index is 504. The van der Waals surface area contributed by atoms with E-state index in [2.05, 4.69) is 21.0 Å². The average Bonchev–Trinajstić information content (AvgIpc) is 2.84. The third kappa shape index (κ3) is 2.59. The first kappa shape index (κ1) is 11.5. The second kappa shape index (κ2) is 4.93. The molecule has 5 heteroatoms. The van der Waals surface area contributed by atoms with Gasteiger partial charge in [-0.05, 0) is 34.5 Å². The van der Waals surface area contributed by atoms with Gasteiger partial charge in [-0.15, -0.1) is 11.3 Å². The number of carbonyl (C=O) groups excluding carboxylic acids is 1. The van der Waals surface area contributed by atoms with E-state index in [1.807, 2.05) is 24.6 Å². The minimum atomic E-state index is 0.183. The number of halogens is 1. The molecule has 0 spiro atoms. The van der Waals surface area contributed by atoms with Gasteiger partial charge in [0.2, 0.25) is 0 Å². The Kier molecular flexibility index (Phi) is 3.56. The van der Waals surface area contributed by atoms with Crippen LogP contribution in [-0.2, 0) is 13.5 Å². The van der Waals surface area contributed by atoms with Crippen molar-refractivity contribution in [1.29, 1.82) is 0 Å². The lowest BCUT2D eigenvalue weighted by Crippen LogP contribution is -2.03. The Morgan fingerprint density at radius 3 is 3.00 bits per heavy atom. The highest BCUT2D eigenvalue weighted by atomic mass is 79.9. The van der Waals surface area contributed by atoms with Crippen LogP contribution in [0, 0.1) is 0 Å². The van der Waals surface area contributed by atoms with Crippen LogP contribution in [-0.4, -0.2) is 15.6 Å². The number of hydrogen-bond donors (Lipinski definition) is 0. The Balaban J connectivity index is 1.96. The van der Waals surface area contributed by atoms with E-state index in [4.69, 9.17) is 0 Å². The molecule has 0 saturated carbocycles. The fourth-order valence-electron chi connectivity index (χ4n) is 1.49. The molecule has 2 aromatic rings. The van der Waals surface area contributed by atoms with Crippen LogP contribution in [0.5, 0.6) is 0 Å². The zero-order valence-electron chi connectivity index (χ0n) is 8.81. The van der Waals surface area contributed by atoms with Crippen LogP contribution in [0.15, 0.2) is 27.5 Å². The molecule has 2 rings (SSSR count). The van der Waals surface area contributed by atoms with Crippen molar-refractivity contribution in [1.82, 2.24) is 9.78 Å². The summed E-state index contributed by atoms with van der Waals surface area (Å²) in [5.74, 6) is 0.183. The SMILES string of the molecule is Cn1nccc1CCC(=O)c1csc(Br)c1. The summed E-state index contributed by atoms with van der Waals surface area (Å²) in [6, 6.07) is 3.81. The average molecular weight is 299 g/mol. The summed E-state index contributed by atoms with van der Waals surface area (Å²) in [4.78, 5) is 11.8. The van der Waals surface area contributed by atoms with Gasteiger partial charge in [0.05, 0.1) is 3.79 Å². The van der Waals surface area contributed by atoms with Crippen LogP contribution < -0.4 is 0 Å². The molecule has 0 amide bonds. The summed E-state index contributed by atoms with van der Waals surface area (Å²) in [6.07, 6.45) is 3.02. The maximum atomic E-state index is 11.8. The third-order valence-corrected chi connectivity index (χ3v) is 3.92. The minimum absolute atomic E-state index is 0.183. The first-order chi connectivity index (χ1) is 7.66. The summed E-state index contributed by atoms with van der Waals surface area (Å²) in [5.41, 5.74) is 1.88. The maximum Gasteiger partial charge on any atom is 0.164 e.